The molecule has 0 aliphatic carbocycles. The quantitative estimate of drug-likeness (QED) is 0.438. The number of nitrogens with one attached hydrogen (secondary N) is 1. The van der Waals surface area contributed by atoms with Crippen LogP contribution in [-0.4, -0.2) is 58.2 Å². The van der Waals surface area contributed by atoms with Crippen LogP contribution >= 0.6 is 0 Å². The van der Waals surface area contributed by atoms with Gasteiger partial charge in [0.2, 0.25) is 0 Å². The number of guanidine groups is 1. The van der Waals surface area contributed by atoms with E-state index in [2.05, 4.69) is 34.2 Å². The highest BCUT2D eigenvalue weighted by Gasteiger charge is 2.23. The molecule has 1 heterocycles. The minimum atomic E-state index is 0.322. The zero-order valence-corrected chi connectivity index (χ0v) is 14.5. The molecule has 0 aromatic heterocycles. The van der Waals surface area contributed by atoms with E-state index in [0.717, 1.165) is 37.3 Å². The summed E-state index contributed by atoms with van der Waals surface area (Å²) in [6.45, 7) is 1.98. The second kappa shape index (κ2) is 7.41. The molecule has 1 aliphatic heterocycles. The van der Waals surface area contributed by atoms with Gasteiger partial charge in [0.1, 0.15) is 5.75 Å². The third kappa shape index (κ3) is 3.98. The SMILES string of the molecule is CN=C(N)Nc1cc(N)c(N2CCC(N(C)C)CC2)cc1OC. The maximum Gasteiger partial charge on any atom is 0.192 e. The maximum atomic E-state index is 6.26. The zero-order chi connectivity index (χ0) is 17.0. The first-order valence-electron chi connectivity index (χ1n) is 7.84. The van der Waals surface area contributed by atoms with Gasteiger partial charge in [0, 0.05) is 32.2 Å². The van der Waals surface area contributed by atoms with Crippen LogP contribution in [0.3, 0.4) is 0 Å². The molecule has 0 amide bonds. The summed E-state index contributed by atoms with van der Waals surface area (Å²) in [5.41, 5.74) is 14.4. The van der Waals surface area contributed by atoms with E-state index in [-0.39, 0.29) is 0 Å². The summed E-state index contributed by atoms with van der Waals surface area (Å²) in [6.07, 6.45) is 2.26. The molecule has 0 saturated carbocycles. The van der Waals surface area contributed by atoms with E-state index in [1.165, 1.54) is 0 Å². The molecule has 2 rings (SSSR count). The van der Waals surface area contributed by atoms with E-state index in [4.69, 9.17) is 16.2 Å². The van der Waals surface area contributed by atoms with Crippen molar-refractivity contribution in [3.8, 4) is 5.75 Å². The Bertz CT molecular complexity index is 564. The van der Waals surface area contributed by atoms with Crippen LogP contribution in [0.25, 0.3) is 0 Å². The van der Waals surface area contributed by atoms with Crippen LogP contribution in [-0.2, 0) is 0 Å². The smallest absolute Gasteiger partial charge is 0.192 e. The third-order valence-electron chi connectivity index (χ3n) is 4.39. The van der Waals surface area contributed by atoms with E-state index in [9.17, 15) is 0 Å². The number of anilines is 3. The Labute approximate surface area is 138 Å². The number of methoxy groups -OCH3 is 1. The lowest BCUT2D eigenvalue weighted by atomic mass is 10.0. The molecule has 0 atom stereocenters. The summed E-state index contributed by atoms with van der Waals surface area (Å²) in [4.78, 5) is 8.51. The molecule has 128 valence electrons. The molecule has 1 aromatic carbocycles. The molecule has 1 saturated heterocycles. The largest absolute Gasteiger partial charge is 0.494 e. The summed E-state index contributed by atoms with van der Waals surface area (Å²) in [7, 11) is 7.54. The van der Waals surface area contributed by atoms with Gasteiger partial charge in [0.05, 0.1) is 24.2 Å². The Morgan fingerprint density at radius 1 is 1.35 bits per heavy atom. The van der Waals surface area contributed by atoms with Gasteiger partial charge in [-0.25, -0.2) is 0 Å². The Morgan fingerprint density at radius 3 is 2.52 bits per heavy atom. The normalized spacial score (nSPS) is 16.7. The lowest BCUT2D eigenvalue weighted by Gasteiger charge is -2.37. The maximum absolute atomic E-state index is 6.26. The lowest BCUT2D eigenvalue weighted by molar-refractivity contribution is 0.249. The molecule has 7 heteroatoms. The zero-order valence-electron chi connectivity index (χ0n) is 14.5. The number of ether oxygens (including phenoxy) is 1. The fraction of sp³-hybridized carbons (Fsp3) is 0.562. The molecule has 23 heavy (non-hydrogen) atoms. The topological polar surface area (TPSA) is 92.1 Å². The molecular formula is C16H28N6O. The van der Waals surface area contributed by atoms with Gasteiger partial charge < -0.3 is 31.3 Å². The second-order valence-corrected chi connectivity index (χ2v) is 6.03. The van der Waals surface area contributed by atoms with Crippen LogP contribution in [0.5, 0.6) is 5.75 Å². The number of hydrogen-bond donors (Lipinski definition) is 3. The van der Waals surface area contributed by atoms with Crippen LogP contribution < -0.4 is 26.4 Å². The number of hydrogen-bond acceptors (Lipinski definition) is 5. The van der Waals surface area contributed by atoms with Crippen LogP contribution in [0.1, 0.15) is 12.8 Å². The van der Waals surface area contributed by atoms with Gasteiger partial charge in [-0.05, 0) is 33.0 Å². The highest BCUT2D eigenvalue weighted by molar-refractivity contribution is 5.95. The average molecular weight is 320 g/mol. The van der Waals surface area contributed by atoms with Crippen molar-refractivity contribution in [2.24, 2.45) is 10.7 Å². The highest BCUT2D eigenvalue weighted by Crippen LogP contribution is 2.36. The van der Waals surface area contributed by atoms with Crippen molar-refractivity contribution in [2.75, 3.05) is 57.3 Å². The molecule has 0 spiro atoms. The Kier molecular flexibility index (Phi) is 5.54. The van der Waals surface area contributed by atoms with Gasteiger partial charge >= 0.3 is 0 Å². The first kappa shape index (κ1) is 17.2. The summed E-state index contributed by atoms with van der Waals surface area (Å²) >= 11 is 0. The van der Waals surface area contributed by atoms with Gasteiger partial charge in [-0.3, -0.25) is 4.99 Å². The van der Waals surface area contributed by atoms with Gasteiger partial charge in [-0.1, -0.05) is 0 Å². The molecule has 5 N–H and O–H groups in total. The van der Waals surface area contributed by atoms with Crippen LogP contribution in [0.15, 0.2) is 17.1 Å². The van der Waals surface area contributed by atoms with Gasteiger partial charge in [-0.15, -0.1) is 0 Å². The average Bonchev–Trinajstić information content (AvgIpc) is 2.55. The van der Waals surface area contributed by atoms with Crippen molar-refractivity contribution in [3.63, 3.8) is 0 Å². The standard InChI is InChI=1S/C16H28N6O/c1-19-16(18)20-13-9-12(17)14(10-15(13)23-4)22-7-5-11(6-8-22)21(2)3/h9-11H,5-8,17H2,1-4H3,(H3,18,19,20). The van der Waals surface area contributed by atoms with Crippen molar-refractivity contribution < 1.29 is 4.74 Å². The van der Waals surface area contributed by atoms with Crippen molar-refractivity contribution in [1.82, 2.24) is 4.90 Å². The number of rotatable bonds is 4. The van der Waals surface area contributed by atoms with Crippen LogP contribution in [0, 0.1) is 0 Å². The van der Waals surface area contributed by atoms with E-state index in [0.29, 0.717) is 23.4 Å². The molecule has 1 aliphatic rings. The highest BCUT2D eigenvalue weighted by atomic mass is 16.5. The number of nitrogens with zero attached hydrogens (tertiary/aromatic N) is 3. The number of aliphatic imine (C=N–C) groups is 1. The van der Waals surface area contributed by atoms with Crippen molar-refractivity contribution in [2.45, 2.75) is 18.9 Å². The Morgan fingerprint density at radius 2 is 2.00 bits per heavy atom. The Balaban J connectivity index is 2.20. The molecule has 1 aromatic rings. The third-order valence-corrected chi connectivity index (χ3v) is 4.39. The molecular weight excluding hydrogens is 292 g/mol. The van der Waals surface area contributed by atoms with Gasteiger partial charge in [-0.2, -0.15) is 0 Å². The minimum Gasteiger partial charge on any atom is -0.494 e. The molecule has 0 radical (unpaired) electrons. The van der Waals surface area contributed by atoms with Gasteiger partial charge in [0.15, 0.2) is 5.96 Å². The minimum absolute atomic E-state index is 0.322. The van der Waals surface area contributed by atoms with E-state index in [1.807, 2.05) is 12.1 Å². The van der Waals surface area contributed by atoms with E-state index >= 15 is 0 Å². The van der Waals surface area contributed by atoms with Crippen LogP contribution in [0.2, 0.25) is 0 Å². The fourth-order valence-electron chi connectivity index (χ4n) is 2.94. The van der Waals surface area contributed by atoms with Crippen molar-refractivity contribution >= 4 is 23.0 Å². The molecule has 0 bridgehead atoms. The molecule has 7 nitrogen and oxygen atoms in total. The van der Waals surface area contributed by atoms with E-state index < -0.39 is 0 Å². The van der Waals surface area contributed by atoms with Crippen LogP contribution in [0.4, 0.5) is 17.1 Å². The summed E-state index contributed by atoms with van der Waals surface area (Å²) in [5.74, 6) is 1.03. The number of piperidine rings is 1. The Hall–Kier alpha value is -2.15. The summed E-state index contributed by atoms with van der Waals surface area (Å²) < 4.78 is 5.47. The second-order valence-electron chi connectivity index (χ2n) is 6.03. The summed E-state index contributed by atoms with van der Waals surface area (Å²) in [6, 6.07) is 4.46. The predicted molar refractivity (Wildman–Crippen MR) is 97.5 cm³/mol. The first-order valence-corrected chi connectivity index (χ1v) is 7.84. The lowest BCUT2D eigenvalue weighted by Crippen LogP contribution is -2.42. The number of nitrogen functional groups attached to an aromatic ring is 1. The monoisotopic (exact) mass is 320 g/mol. The first-order chi connectivity index (χ1) is 11.0. The van der Waals surface area contributed by atoms with E-state index in [1.54, 1.807) is 14.2 Å². The predicted octanol–water partition coefficient (Wildman–Crippen LogP) is 1.16. The van der Waals surface area contributed by atoms with Crippen molar-refractivity contribution in [1.29, 1.82) is 0 Å². The summed E-state index contributed by atoms with van der Waals surface area (Å²) in [5, 5.41) is 3.00. The molecule has 1 fully saturated rings. The number of benzene rings is 1. The van der Waals surface area contributed by atoms with Gasteiger partial charge in [0.25, 0.3) is 0 Å². The van der Waals surface area contributed by atoms with Crippen molar-refractivity contribution in [3.05, 3.63) is 12.1 Å². The molecule has 0 unspecified atom stereocenters. The number of nitrogens with two attached hydrogens (primary N) is 2. The fourth-order valence-corrected chi connectivity index (χ4v) is 2.94.